The summed E-state index contributed by atoms with van der Waals surface area (Å²) in [4.78, 5) is 26.3. The van der Waals surface area contributed by atoms with Crippen molar-refractivity contribution in [1.82, 2.24) is 4.90 Å². The molecule has 1 aliphatic rings. The monoisotopic (exact) mass is 274 g/mol. The number of nitrogens with zero attached hydrogens (tertiary/aromatic N) is 1. The molecule has 1 heterocycles. The zero-order valence-corrected chi connectivity index (χ0v) is 12.3. The first kappa shape index (κ1) is 14.7. The minimum Gasteiger partial charge on any atom is -0.328 e. The molecule has 1 aromatic rings. The van der Waals surface area contributed by atoms with Gasteiger partial charge in [0, 0.05) is 19.4 Å². The van der Waals surface area contributed by atoms with Crippen LogP contribution in [0, 0.1) is 5.41 Å². The Morgan fingerprint density at radius 3 is 2.10 bits per heavy atom. The van der Waals surface area contributed by atoms with Crippen LogP contribution in [0.4, 0.5) is 0 Å². The smallest absolute Gasteiger partial charge is 0.230 e. The molecule has 4 heteroatoms. The Bertz CT molecular complexity index is 505. The van der Waals surface area contributed by atoms with Crippen LogP contribution in [-0.4, -0.2) is 23.3 Å². The Labute approximate surface area is 119 Å². The molecular weight excluding hydrogens is 252 g/mol. The van der Waals surface area contributed by atoms with Gasteiger partial charge in [-0.1, -0.05) is 44.2 Å². The van der Waals surface area contributed by atoms with Crippen LogP contribution >= 0.6 is 0 Å². The SMILES string of the molecule is CC1(C)CC(=O)N(C(C)(CN)c2ccccc2)C(=O)C1. The van der Waals surface area contributed by atoms with Crippen LogP contribution in [0.15, 0.2) is 30.3 Å². The minimum atomic E-state index is -0.772. The van der Waals surface area contributed by atoms with Crippen molar-refractivity contribution >= 4 is 11.8 Å². The zero-order valence-electron chi connectivity index (χ0n) is 12.3. The van der Waals surface area contributed by atoms with Gasteiger partial charge in [0.05, 0.1) is 5.54 Å². The lowest BCUT2D eigenvalue weighted by Gasteiger charge is -2.45. The fraction of sp³-hybridized carbons (Fsp3) is 0.500. The van der Waals surface area contributed by atoms with E-state index in [1.165, 1.54) is 4.90 Å². The number of carbonyl (C=O) groups is 2. The molecule has 0 aromatic heterocycles. The fourth-order valence-electron chi connectivity index (χ4n) is 2.86. The first-order valence-corrected chi connectivity index (χ1v) is 6.92. The predicted octanol–water partition coefficient (Wildman–Crippen LogP) is 2.04. The molecule has 20 heavy (non-hydrogen) atoms. The van der Waals surface area contributed by atoms with E-state index in [9.17, 15) is 9.59 Å². The van der Waals surface area contributed by atoms with Crippen molar-refractivity contribution < 1.29 is 9.59 Å². The van der Waals surface area contributed by atoms with Crippen LogP contribution in [0.1, 0.15) is 39.2 Å². The number of nitrogens with two attached hydrogens (primary N) is 1. The Hall–Kier alpha value is -1.68. The molecule has 1 aliphatic heterocycles. The van der Waals surface area contributed by atoms with E-state index in [1.54, 1.807) is 0 Å². The third-order valence-corrected chi connectivity index (χ3v) is 4.05. The number of benzene rings is 1. The first-order valence-electron chi connectivity index (χ1n) is 6.92. The summed E-state index contributed by atoms with van der Waals surface area (Å²) >= 11 is 0. The van der Waals surface area contributed by atoms with Gasteiger partial charge in [0.15, 0.2) is 0 Å². The zero-order chi connectivity index (χ0) is 15.0. The molecule has 1 saturated heterocycles. The summed E-state index contributed by atoms with van der Waals surface area (Å²) in [6.07, 6.45) is 0.752. The molecule has 1 atom stereocenters. The van der Waals surface area contributed by atoms with Gasteiger partial charge in [0.25, 0.3) is 0 Å². The van der Waals surface area contributed by atoms with Crippen LogP contribution in [-0.2, 0) is 15.1 Å². The molecule has 0 saturated carbocycles. The highest BCUT2D eigenvalue weighted by Gasteiger charge is 2.46. The number of piperidine rings is 1. The lowest BCUT2D eigenvalue weighted by atomic mass is 9.78. The molecule has 108 valence electrons. The normalized spacial score (nSPS) is 21.7. The number of hydrogen-bond donors (Lipinski definition) is 1. The molecule has 0 aliphatic carbocycles. The van der Waals surface area contributed by atoms with Gasteiger partial charge in [0.1, 0.15) is 0 Å². The Balaban J connectivity index is 2.42. The lowest BCUT2D eigenvalue weighted by Crippen LogP contribution is -2.58. The highest BCUT2D eigenvalue weighted by Crippen LogP contribution is 2.38. The number of likely N-dealkylation sites (tertiary alicyclic amines) is 1. The summed E-state index contributed by atoms with van der Waals surface area (Å²) < 4.78 is 0. The summed E-state index contributed by atoms with van der Waals surface area (Å²) in [5.41, 5.74) is 5.77. The maximum Gasteiger partial charge on any atom is 0.230 e. The van der Waals surface area contributed by atoms with Gasteiger partial charge in [0.2, 0.25) is 11.8 Å². The summed E-state index contributed by atoms with van der Waals surface area (Å²) in [6, 6.07) is 9.52. The van der Waals surface area contributed by atoms with Crippen LogP contribution in [0.2, 0.25) is 0 Å². The second kappa shape index (κ2) is 5.02. The van der Waals surface area contributed by atoms with E-state index in [0.717, 1.165) is 5.56 Å². The molecule has 2 rings (SSSR count). The Morgan fingerprint density at radius 2 is 1.65 bits per heavy atom. The van der Waals surface area contributed by atoms with E-state index in [1.807, 2.05) is 51.1 Å². The second-order valence-electron chi connectivity index (χ2n) is 6.48. The quantitative estimate of drug-likeness (QED) is 0.858. The molecule has 4 nitrogen and oxygen atoms in total. The van der Waals surface area contributed by atoms with E-state index in [4.69, 9.17) is 5.73 Å². The van der Waals surface area contributed by atoms with Crippen molar-refractivity contribution in [3.63, 3.8) is 0 Å². The van der Waals surface area contributed by atoms with Gasteiger partial charge in [-0.05, 0) is 17.9 Å². The maximum atomic E-state index is 12.4. The molecule has 2 amide bonds. The number of rotatable bonds is 3. The lowest BCUT2D eigenvalue weighted by molar-refractivity contribution is -0.160. The van der Waals surface area contributed by atoms with Gasteiger partial charge in [-0.3, -0.25) is 14.5 Å². The minimum absolute atomic E-state index is 0.136. The molecule has 1 unspecified atom stereocenters. The van der Waals surface area contributed by atoms with Crippen molar-refractivity contribution in [2.45, 2.75) is 39.2 Å². The van der Waals surface area contributed by atoms with Gasteiger partial charge in [-0.15, -0.1) is 0 Å². The van der Waals surface area contributed by atoms with Crippen molar-refractivity contribution in [1.29, 1.82) is 0 Å². The molecular formula is C16H22N2O2. The Kier molecular flexibility index (Phi) is 3.69. The third-order valence-electron chi connectivity index (χ3n) is 4.05. The van der Waals surface area contributed by atoms with E-state index in [2.05, 4.69) is 0 Å². The van der Waals surface area contributed by atoms with E-state index in [-0.39, 0.29) is 23.8 Å². The van der Waals surface area contributed by atoms with Crippen LogP contribution < -0.4 is 5.73 Å². The van der Waals surface area contributed by atoms with Crippen LogP contribution in [0.5, 0.6) is 0 Å². The third kappa shape index (κ3) is 2.48. The van der Waals surface area contributed by atoms with Crippen LogP contribution in [0.3, 0.4) is 0 Å². The van der Waals surface area contributed by atoms with Crippen molar-refractivity contribution in [2.75, 3.05) is 6.54 Å². The van der Waals surface area contributed by atoms with Crippen molar-refractivity contribution in [3.05, 3.63) is 35.9 Å². The van der Waals surface area contributed by atoms with Crippen LogP contribution in [0.25, 0.3) is 0 Å². The molecule has 0 bridgehead atoms. The Morgan fingerprint density at radius 1 is 1.15 bits per heavy atom. The first-order chi connectivity index (χ1) is 9.30. The van der Waals surface area contributed by atoms with E-state index < -0.39 is 5.54 Å². The van der Waals surface area contributed by atoms with Gasteiger partial charge >= 0.3 is 0 Å². The fourth-order valence-corrected chi connectivity index (χ4v) is 2.86. The van der Waals surface area contributed by atoms with Crippen molar-refractivity contribution in [3.8, 4) is 0 Å². The van der Waals surface area contributed by atoms with E-state index in [0.29, 0.717) is 12.8 Å². The van der Waals surface area contributed by atoms with Gasteiger partial charge in [-0.2, -0.15) is 0 Å². The number of imide groups is 1. The summed E-state index contributed by atoms with van der Waals surface area (Å²) in [6.45, 7) is 5.97. The summed E-state index contributed by atoms with van der Waals surface area (Å²) in [5.74, 6) is -0.272. The predicted molar refractivity (Wildman–Crippen MR) is 77.7 cm³/mol. The highest BCUT2D eigenvalue weighted by molar-refractivity contribution is 5.99. The average molecular weight is 274 g/mol. The average Bonchev–Trinajstić information content (AvgIpc) is 2.37. The largest absolute Gasteiger partial charge is 0.328 e. The molecule has 2 N–H and O–H groups in total. The maximum absolute atomic E-state index is 12.4. The standard InChI is InChI=1S/C16H22N2O2/c1-15(2)9-13(19)18(14(20)10-15)16(3,11-17)12-7-5-4-6-8-12/h4-8H,9-11,17H2,1-3H3. The second-order valence-corrected chi connectivity index (χ2v) is 6.48. The number of carbonyl (C=O) groups excluding carboxylic acids is 2. The summed E-state index contributed by atoms with van der Waals surface area (Å²) in [7, 11) is 0. The van der Waals surface area contributed by atoms with E-state index >= 15 is 0 Å². The number of hydrogen-bond acceptors (Lipinski definition) is 3. The number of amides is 2. The van der Waals surface area contributed by atoms with Gasteiger partial charge in [-0.25, -0.2) is 0 Å². The summed E-state index contributed by atoms with van der Waals surface area (Å²) in [5, 5.41) is 0. The van der Waals surface area contributed by atoms with Gasteiger partial charge < -0.3 is 5.73 Å². The molecule has 1 fully saturated rings. The van der Waals surface area contributed by atoms with Crippen molar-refractivity contribution in [2.24, 2.45) is 11.1 Å². The molecule has 0 radical (unpaired) electrons. The highest BCUT2D eigenvalue weighted by atomic mass is 16.2. The molecule has 1 aromatic carbocycles. The molecule has 0 spiro atoms. The topological polar surface area (TPSA) is 63.4 Å².